The van der Waals surface area contributed by atoms with Crippen LogP contribution in [0.25, 0.3) is 27.9 Å². The maximum Gasteiger partial charge on any atom is 0.248 e. The summed E-state index contributed by atoms with van der Waals surface area (Å²) in [6, 6.07) is 6.00. The fourth-order valence-corrected chi connectivity index (χ4v) is 5.40. The molecular formula is C27H27F2N3O6. The summed E-state index contributed by atoms with van der Waals surface area (Å²) in [5.74, 6) is -1.43. The van der Waals surface area contributed by atoms with Crippen LogP contribution in [0.4, 0.5) is 8.78 Å². The highest BCUT2D eigenvalue weighted by molar-refractivity contribution is 5.83. The van der Waals surface area contributed by atoms with E-state index in [4.69, 9.17) is 19.3 Å². The number of fused-ring (bicyclic) bond motifs is 2. The number of benzene rings is 1. The van der Waals surface area contributed by atoms with Gasteiger partial charge in [0.1, 0.15) is 36.6 Å². The van der Waals surface area contributed by atoms with Gasteiger partial charge < -0.3 is 34.3 Å². The van der Waals surface area contributed by atoms with Crippen molar-refractivity contribution in [2.24, 2.45) is 0 Å². The van der Waals surface area contributed by atoms with Crippen LogP contribution < -0.4 is 4.74 Å². The van der Waals surface area contributed by atoms with Crippen LogP contribution >= 0.6 is 0 Å². The predicted octanol–water partition coefficient (Wildman–Crippen LogP) is 2.33. The Morgan fingerprint density at radius 1 is 1.18 bits per heavy atom. The van der Waals surface area contributed by atoms with E-state index in [1.54, 1.807) is 25.1 Å². The molecule has 3 N–H and O–H groups in total. The van der Waals surface area contributed by atoms with Gasteiger partial charge in [-0.25, -0.2) is 13.8 Å². The average Bonchev–Trinajstić information content (AvgIpc) is 3.60. The molecule has 1 amide bonds. The minimum absolute atomic E-state index is 0.188. The Morgan fingerprint density at radius 3 is 2.66 bits per heavy atom. The zero-order chi connectivity index (χ0) is 26.6. The summed E-state index contributed by atoms with van der Waals surface area (Å²) in [6.07, 6.45) is 0.292. The molecule has 38 heavy (non-hydrogen) atoms. The summed E-state index contributed by atoms with van der Waals surface area (Å²) in [5, 5.41) is 19.0. The molecule has 3 aromatic rings. The molecule has 4 atom stereocenters. The van der Waals surface area contributed by atoms with E-state index in [1.165, 1.54) is 17.0 Å². The van der Waals surface area contributed by atoms with Crippen molar-refractivity contribution in [1.82, 2.24) is 14.9 Å². The number of rotatable bonds is 5. The first-order valence-corrected chi connectivity index (χ1v) is 12.5. The standard InChI is InChI=1S/C27H27F2N3O6/c1-13-6-18-19(9-22(30-18)38-21-12-37-26-20(34)11-36-27(21)26)31-25(13)24-16(28)7-15(8-17(24)29)14-2-4-32(5-3-14)23(35)10-33/h2,6-9,20-21,26-27,30,33-34H,3-5,10-12H2,1H3/t20-,21-,26-,27-/m1/s1. The number of halogens is 2. The number of aliphatic hydroxyl groups excluding tert-OH is 2. The molecule has 0 aliphatic carbocycles. The molecular weight excluding hydrogens is 500 g/mol. The van der Waals surface area contributed by atoms with Gasteiger partial charge in [0, 0.05) is 19.2 Å². The third-order valence-corrected chi connectivity index (χ3v) is 7.38. The van der Waals surface area contributed by atoms with E-state index in [0.29, 0.717) is 41.0 Å². The van der Waals surface area contributed by atoms with Crippen molar-refractivity contribution in [1.29, 1.82) is 0 Å². The minimum atomic E-state index is -0.734. The number of carbonyl (C=O) groups is 1. The number of amides is 1. The van der Waals surface area contributed by atoms with Gasteiger partial charge in [-0.1, -0.05) is 6.08 Å². The summed E-state index contributed by atoms with van der Waals surface area (Å²) in [5.41, 5.74) is 2.83. The normalized spacial score (nSPS) is 25.1. The molecule has 2 aromatic heterocycles. The topological polar surface area (TPSA) is 117 Å². The van der Waals surface area contributed by atoms with Crippen LogP contribution in [-0.4, -0.2) is 88.3 Å². The van der Waals surface area contributed by atoms with Gasteiger partial charge in [-0.15, -0.1) is 0 Å². The molecule has 0 radical (unpaired) electrons. The summed E-state index contributed by atoms with van der Waals surface area (Å²) in [4.78, 5) is 20.8. The molecule has 6 rings (SSSR count). The lowest BCUT2D eigenvalue weighted by atomic mass is 9.96. The Balaban J connectivity index is 1.26. The van der Waals surface area contributed by atoms with Crippen molar-refractivity contribution in [3.8, 4) is 17.1 Å². The largest absolute Gasteiger partial charge is 0.470 e. The van der Waals surface area contributed by atoms with Gasteiger partial charge in [-0.05, 0) is 48.2 Å². The second-order valence-electron chi connectivity index (χ2n) is 9.83. The Labute approximate surface area is 216 Å². The van der Waals surface area contributed by atoms with Crippen molar-refractivity contribution in [3.63, 3.8) is 0 Å². The first-order chi connectivity index (χ1) is 18.3. The first kappa shape index (κ1) is 24.9. The molecule has 1 aromatic carbocycles. The fourth-order valence-electron chi connectivity index (χ4n) is 5.40. The van der Waals surface area contributed by atoms with Crippen LogP contribution in [0, 0.1) is 18.6 Å². The highest BCUT2D eigenvalue weighted by atomic mass is 19.1. The zero-order valence-electron chi connectivity index (χ0n) is 20.6. The number of hydrogen-bond acceptors (Lipinski definition) is 7. The number of ether oxygens (including phenoxy) is 3. The van der Waals surface area contributed by atoms with E-state index < -0.39 is 36.6 Å². The molecule has 11 heteroatoms. The number of aromatic nitrogens is 2. The lowest BCUT2D eigenvalue weighted by Gasteiger charge is -2.26. The number of hydrogen-bond donors (Lipinski definition) is 3. The third-order valence-electron chi connectivity index (χ3n) is 7.38. The Bertz CT molecular complexity index is 1420. The van der Waals surface area contributed by atoms with Crippen molar-refractivity contribution in [2.45, 2.75) is 37.8 Å². The summed E-state index contributed by atoms with van der Waals surface area (Å²) in [7, 11) is 0. The highest BCUT2D eigenvalue weighted by Crippen LogP contribution is 2.35. The quantitative estimate of drug-likeness (QED) is 0.466. The number of pyridine rings is 1. The maximum absolute atomic E-state index is 15.3. The van der Waals surface area contributed by atoms with Crippen molar-refractivity contribution in [3.05, 3.63) is 53.1 Å². The second kappa shape index (κ2) is 9.73. The van der Waals surface area contributed by atoms with E-state index in [0.717, 1.165) is 5.57 Å². The van der Waals surface area contributed by atoms with Crippen molar-refractivity contribution >= 4 is 22.5 Å². The maximum atomic E-state index is 15.3. The number of nitrogens with one attached hydrogen (secondary N) is 1. The smallest absolute Gasteiger partial charge is 0.248 e. The number of aliphatic hydroxyl groups is 2. The second-order valence-corrected chi connectivity index (χ2v) is 9.83. The van der Waals surface area contributed by atoms with E-state index >= 15 is 8.78 Å². The molecule has 3 aliphatic heterocycles. The Morgan fingerprint density at radius 2 is 1.95 bits per heavy atom. The van der Waals surface area contributed by atoms with Gasteiger partial charge in [0.05, 0.1) is 35.5 Å². The van der Waals surface area contributed by atoms with E-state index in [2.05, 4.69) is 9.97 Å². The molecule has 0 saturated carbocycles. The first-order valence-electron chi connectivity index (χ1n) is 12.5. The SMILES string of the molecule is Cc1cc2[nH]c(O[C@@H]3CO[C@H]4[C@@H]3OC[C@H]4O)cc2nc1-c1c(F)cc(C2=CCN(C(=O)CO)CC2)cc1F. The minimum Gasteiger partial charge on any atom is -0.470 e. The molecule has 2 fully saturated rings. The van der Waals surface area contributed by atoms with Crippen LogP contribution in [0.2, 0.25) is 0 Å². The lowest BCUT2D eigenvalue weighted by Crippen LogP contribution is -2.36. The molecule has 0 unspecified atom stereocenters. The fraction of sp³-hybridized carbons (Fsp3) is 0.407. The molecule has 9 nitrogen and oxygen atoms in total. The molecule has 3 aliphatic rings. The highest BCUT2D eigenvalue weighted by Gasteiger charge is 2.48. The number of carbonyl (C=O) groups excluding carboxylic acids is 1. The zero-order valence-corrected chi connectivity index (χ0v) is 20.6. The molecule has 2 saturated heterocycles. The third kappa shape index (κ3) is 4.35. The van der Waals surface area contributed by atoms with Crippen LogP contribution in [0.3, 0.4) is 0 Å². The number of aryl methyl sites for hydroxylation is 1. The Kier molecular flexibility index (Phi) is 6.39. The summed E-state index contributed by atoms with van der Waals surface area (Å²) in [6.45, 7) is 2.27. The monoisotopic (exact) mass is 527 g/mol. The Hall–Kier alpha value is -3.38. The molecule has 200 valence electrons. The number of aromatic amines is 1. The van der Waals surface area contributed by atoms with Crippen LogP contribution in [0.5, 0.6) is 5.88 Å². The van der Waals surface area contributed by atoms with Crippen molar-refractivity contribution in [2.75, 3.05) is 32.9 Å². The summed E-state index contributed by atoms with van der Waals surface area (Å²) >= 11 is 0. The average molecular weight is 528 g/mol. The van der Waals surface area contributed by atoms with Crippen LogP contribution in [0.1, 0.15) is 17.5 Å². The molecule has 5 heterocycles. The van der Waals surface area contributed by atoms with Gasteiger partial charge in [0.15, 0.2) is 12.0 Å². The number of nitrogens with zero attached hydrogens (tertiary/aromatic N) is 2. The summed E-state index contributed by atoms with van der Waals surface area (Å²) < 4.78 is 47.9. The predicted molar refractivity (Wildman–Crippen MR) is 132 cm³/mol. The van der Waals surface area contributed by atoms with Gasteiger partial charge >= 0.3 is 0 Å². The van der Waals surface area contributed by atoms with Crippen LogP contribution in [0.15, 0.2) is 30.3 Å². The van der Waals surface area contributed by atoms with Gasteiger partial charge in [0.25, 0.3) is 0 Å². The number of H-pyrrole nitrogens is 1. The van der Waals surface area contributed by atoms with E-state index in [-0.39, 0.29) is 43.0 Å². The van der Waals surface area contributed by atoms with E-state index in [1.807, 2.05) is 0 Å². The van der Waals surface area contributed by atoms with Crippen LogP contribution in [-0.2, 0) is 14.3 Å². The van der Waals surface area contributed by atoms with E-state index in [9.17, 15) is 9.90 Å². The molecule has 0 bridgehead atoms. The van der Waals surface area contributed by atoms with Gasteiger partial charge in [0.2, 0.25) is 5.91 Å². The van der Waals surface area contributed by atoms with Gasteiger partial charge in [-0.2, -0.15) is 0 Å². The molecule has 0 spiro atoms. The van der Waals surface area contributed by atoms with Gasteiger partial charge in [-0.3, -0.25) is 4.79 Å². The lowest BCUT2D eigenvalue weighted by molar-refractivity contribution is -0.133. The van der Waals surface area contributed by atoms with Crippen molar-refractivity contribution < 1.29 is 38.0 Å².